The van der Waals surface area contributed by atoms with E-state index in [2.05, 4.69) is 4.72 Å². The van der Waals surface area contributed by atoms with Crippen molar-refractivity contribution in [3.05, 3.63) is 0 Å². The van der Waals surface area contributed by atoms with E-state index >= 15 is 0 Å². The van der Waals surface area contributed by atoms with E-state index in [0.717, 1.165) is 0 Å². The second-order valence-corrected chi connectivity index (χ2v) is 4.69. The average Bonchev–Trinajstić information content (AvgIpc) is 2.14. The highest BCUT2D eigenvalue weighted by Gasteiger charge is 2.31. The summed E-state index contributed by atoms with van der Waals surface area (Å²) < 4.78 is 24.4. The summed E-state index contributed by atoms with van der Waals surface area (Å²) in [5, 5.41) is 26.1. The fraction of sp³-hybridized carbons (Fsp3) is 0.857. The van der Waals surface area contributed by atoms with Crippen LogP contribution in [0.15, 0.2) is 0 Å². The summed E-state index contributed by atoms with van der Waals surface area (Å²) in [4.78, 5) is 0. The Bertz CT molecular complexity index is 294. The molecule has 7 heteroatoms. The van der Waals surface area contributed by atoms with Gasteiger partial charge >= 0.3 is 0 Å². The van der Waals surface area contributed by atoms with Crippen molar-refractivity contribution >= 4 is 10.0 Å². The number of aliphatic hydroxyl groups excluding tert-OH is 2. The minimum absolute atomic E-state index is 0.241. The van der Waals surface area contributed by atoms with Crippen LogP contribution in [0.1, 0.15) is 13.3 Å². The van der Waals surface area contributed by atoms with E-state index < -0.39 is 34.5 Å². The van der Waals surface area contributed by atoms with Gasteiger partial charge in [0, 0.05) is 0 Å². The molecule has 0 aromatic rings. The van der Waals surface area contributed by atoms with E-state index in [9.17, 15) is 8.42 Å². The fourth-order valence-corrected chi connectivity index (χ4v) is 2.04. The zero-order valence-corrected chi connectivity index (χ0v) is 8.71. The molecule has 0 aromatic heterocycles. The van der Waals surface area contributed by atoms with Gasteiger partial charge in [-0.1, -0.05) is 6.92 Å². The minimum Gasteiger partial charge on any atom is -0.394 e. The molecule has 0 saturated carbocycles. The van der Waals surface area contributed by atoms with Gasteiger partial charge in [-0.15, -0.1) is 0 Å². The maximum absolute atomic E-state index is 11.2. The monoisotopic (exact) mass is 222 g/mol. The molecular weight excluding hydrogens is 208 g/mol. The van der Waals surface area contributed by atoms with Gasteiger partial charge in [-0.3, -0.25) is 0 Å². The molecule has 0 fully saturated rings. The van der Waals surface area contributed by atoms with Crippen molar-refractivity contribution in [1.82, 2.24) is 4.72 Å². The van der Waals surface area contributed by atoms with Crippen LogP contribution in [0.2, 0.25) is 0 Å². The highest BCUT2D eigenvalue weighted by atomic mass is 32.2. The highest BCUT2D eigenvalue weighted by Crippen LogP contribution is 2.10. The minimum atomic E-state index is -3.76. The smallest absolute Gasteiger partial charge is 0.225 e. The molecule has 6 nitrogen and oxygen atoms in total. The lowest BCUT2D eigenvalue weighted by Crippen LogP contribution is -2.54. The number of rotatable bonds is 6. The first-order valence-electron chi connectivity index (χ1n) is 4.05. The maximum Gasteiger partial charge on any atom is 0.225 e. The molecule has 0 aliphatic heterocycles. The summed E-state index contributed by atoms with van der Waals surface area (Å²) in [6, 6.07) is 1.49. The molecule has 0 atom stereocenters. The van der Waals surface area contributed by atoms with E-state index in [1.807, 2.05) is 0 Å². The predicted molar refractivity (Wildman–Crippen MR) is 49.7 cm³/mol. The topological polar surface area (TPSA) is 110 Å². The number of sulfonamides is 1. The third-order valence-electron chi connectivity index (χ3n) is 1.91. The normalized spacial score (nSPS) is 12.4. The van der Waals surface area contributed by atoms with Crippen LogP contribution in [-0.2, 0) is 10.0 Å². The van der Waals surface area contributed by atoms with E-state index in [0.29, 0.717) is 0 Å². The van der Waals surface area contributed by atoms with Gasteiger partial charge < -0.3 is 10.2 Å². The Balaban J connectivity index is 4.70. The summed E-state index contributed by atoms with van der Waals surface area (Å²) in [6.45, 7) is 0.608. The number of hydrogen-bond donors (Lipinski definition) is 3. The first kappa shape index (κ1) is 13.3. The van der Waals surface area contributed by atoms with Crippen LogP contribution in [0, 0.1) is 11.3 Å². The number of nitrogens with zero attached hydrogens (tertiary/aromatic N) is 1. The third-order valence-corrected chi connectivity index (χ3v) is 3.16. The van der Waals surface area contributed by atoms with Crippen LogP contribution in [0.3, 0.4) is 0 Å². The largest absolute Gasteiger partial charge is 0.394 e. The van der Waals surface area contributed by atoms with Crippen molar-refractivity contribution in [2.45, 2.75) is 18.9 Å². The first-order valence-corrected chi connectivity index (χ1v) is 5.71. The Morgan fingerprint density at radius 1 is 1.43 bits per heavy atom. The Morgan fingerprint density at radius 3 is 2.21 bits per heavy atom. The second kappa shape index (κ2) is 5.26. The van der Waals surface area contributed by atoms with Crippen molar-refractivity contribution in [3.8, 4) is 6.07 Å². The predicted octanol–water partition coefficient (Wildman–Crippen LogP) is -1.44. The third kappa shape index (κ3) is 3.59. The van der Waals surface area contributed by atoms with Crippen LogP contribution in [0.5, 0.6) is 0 Å². The molecule has 82 valence electrons. The van der Waals surface area contributed by atoms with E-state index in [-0.39, 0.29) is 6.42 Å². The van der Waals surface area contributed by atoms with Gasteiger partial charge in [0.25, 0.3) is 0 Å². The van der Waals surface area contributed by atoms with Crippen molar-refractivity contribution in [1.29, 1.82) is 5.26 Å². The second-order valence-electron chi connectivity index (χ2n) is 2.97. The molecule has 0 aliphatic rings. The Kier molecular flexibility index (Phi) is 5.01. The lowest BCUT2D eigenvalue weighted by atomic mass is 10.0. The molecular formula is C7H14N2O4S. The van der Waals surface area contributed by atoms with Crippen molar-refractivity contribution in [3.63, 3.8) is 0 Å². The number of hydrogen-bond acceptors (Lipinski definition) is 5. The van der Waals surface area contributed by atoms with E-state index in [1.165, 1.54) is 6.07 Å². The van der Waals surface area contributed by atoms with Gasteiger partial charge in [0.15, 0.2) is 5.75 Å². The molecule has 0 unspecified atom stereocenters. The van der Waals surface area contributed by atoms with Gasteiger partial charge in [-0.05, 0) is 6.42 Å². The summed E-state index contributed by atoms with van der Waals surface area (Å²) in [6.07, 6.45) is 0.241. The molecule has 0 heterocycles. The molecule has 0 rings (SSSR count). The number of aliphatic hydroxyl groups is 2. The molecule has 14 heavy (non-hydrogen) atoms. The summed E-state index contributed by atoms with van der Waals surface area (Å²) in [5.74, 6) is -0.686. The molecule has 0 radical (unpaired) electrons. The molecule has 0 saturated heterocycles. The molecule has 0 aromatic carbocycles. The Labute approximate surface area is 83.2 Å². The summed E-state index contributed by atoms with van der Waals surface area (Å²) in [7, 11) is -3.76. The standard InChI is InChI=1S/C7H14N2O4S/c1-2-7(5-10,6-11)9-14(12,13)4-3-8/h9-11H,2,4-6H2,1H3. The molecule has 0 spiro atoms. The van der Waals surface area contributed by atoms with E-state index in [4.69, 9.17) is 15.5 Å². The molecule has 0 bridgehead atoms. The maximum atomic E-state index is 11.2. The van der Waals surface area contributed by atoms with Crippen LogP contribution in [-0.4, -0.2) is 43.1 Å². The SMILES string of the molecule is CCC(CO)(CO)NS(=O)(=O)CC#N. The van der Waals surface area contributed by atoms with Gasteiger partial charge in [0.2, 0.25) is 10.0 Å². The Morgan fingerprint density at radius 2 is 1.93 bits per heavy atom. The van der Waals surface area contributed by atoms with Gasteiger partial charge in [0.05, 0.1) is 24.8 Å². The Hall–Kier alpha value is -0.680. The van der Waals surface area contributed by atoms with Crippen molar-refractivity contribution in [2.75, 3.05) is 19.0 Å². The van der Waals surface area contributed by atoms with Crippen LogP contribution < -0.4 is 4.72 Å². The summed E-state index contributed by atoms with van der Waals surface area (Å²) >= 11 is 0. The zero-order chi connectivity index (χ0) is 11.2. The number of nitrogens with one attached hydrogen (secondary N) is 1. The highest BCUT2D eigenvalue weighted by molar-refractivity contribution is 7.89. The first-order chi connectivity index (χ1) is 6.45. The number of nitriles is 1. The zero-order valence-electron chi connectivity index (χ0n) is 7.89. The van der Waals surface area contributed by atoms with Crippen molar-refractivity contribution < 1.29 is 18.6 Å². The molecule has 3 N–H and O–H groups in total. The van der Waals surface area contributed by atoms with Crippen LogP contribution in [0.25, 0.3) is 0 Å². The lowest BCUT2D eigenvalue weighted by Gasteiger charge is -2.28. The van der Waals surface area contributed by atoms with E-state index in [1.54, 1.807) is 6.92 Å². The van der Waals surface area contributed by atoms with Crippen LogP contribution in [0.4, 0.5) is 0 Å². The van der Waals surface area contributed by atoms with Crippen LogP contribution >= 0.6 is 0 Å². The fourth-order valence-electron chi connectivity index (χ4n) is 0.861. The lowest BCUT2D eigenvalue weighted by molar-refractivity contribution is 0.105. The van der Waals surface area contributed by atoms with Gasteiger partial charge in [-0.2, -0.15) is 5.26 Å². The quantitative estimate of drug-likeness (QED) is 0.510. The average molecular weight is 222 g/mol. The summed E-state index contributed by atoms with van der Waals surface area (Å²) in [5.41, 5.74) is -1.27. The molecule has 0 aliphatic carbocycles. The van der Waals surface area contributed by atoms with Crippen molar-refractivity contribution in [2.24, 2.45) is 0 Å². The van der Waals surface area contributed by atoms with Gasteiger partial charge in [0.1, 0.15) is 0 Å². The molecule has 0 amide bonds. The van der Waals surface area contributed by atoms with Gasteiger partial charge in [-0.25, -0.2) is 13.1 Å².